The van der Waals surface area contributed by atoms with E-state index in [1.807, 2.05) is 4.90 Å². The second-order valence-electron chi connectivity index (χ2n) is 7.79. The molecule has 1 fully saturated rings. The summed E-state index contributed by atoms with van der Waals surface area (Å²) in [5.74, 6) is -0.492. The molecule has 2 amide bonds. The van der Waals surface area contributed by atoms with Crippen LogP contribution in [-0.4, -0.2) is 71.5 Å². The summed E-state index contributed by atoms with van der Waals surface area (Å²) in [5, 5.41) is 18.3. The maximum absolute atomic E-state index is 12.7. The Kier molecular flexibility index (Phi) is 8.19. The SMILES string of the molecule is O=C(O)C[C@H](NC(=O)C1CCN(C(=O)CCCNC2=NCCN2)CC1)c1cccnc1. The van der Waals surface area contributed by atoms with Gasteiger partial charge < -0.3 is 26.0 Å². The van der Waals surface area contributed by atoms with Crippen molar-refractivity contribution in [2.24, 2.45) is 10.9 Å². The zero-order valence-corrected chi connectivity index (χ0v) is 17.5. The van der Waals surface area contributed by atoms with Gasteiger partial charge >= 0.3 is 5.97 Å². The predicted molar refractivity (Wildman–Crippen MR) is 114 cm³/mol. The molecule has 0 spiro atoms. The number of nitrogens with zero attached hydrogens (tertiary/aromatic N) is 3. The van der Waals surface area contributed by atoms with Gasteiger partial charge in [-0.25, -0.2) is 0 Å². The van der Waals surface area contributed by atoms with Crippen molar-refractivity contribution in [1.29, 1.82) is 0 Å². The first kappa shape index (κ1) is 22.5. The number of carboxylic acid groups (broad SMARTS) is 1. The number of amides is 2. The number of aliphatic imine (C=N–C) groups is 1. The number of likely N-dealkylation sites (tertiary alicyclic amines) is 1. The Hall–Kier alpha value is -3.17. The number of piperidine rings is 1. The Morgan fingerprint density at radius 1 is 1.29 bits per heavy atom. The first-order valence-corrected chi connectivity index (χ1v) is 10.7. The van der Waals surface area contributed by atoms with Crippen LogP contribution in [-0.2, 0) is 14.4 Å². The van der Waals surface area contributed by atoms with Gasteiger partial charge in [0, 0.05) is 50.9 Å². The van der Waals surface area contributed by atoms with E-state index in [0.717, 1.165) is 25.5 Å². The van der Waals surface area contributed by atoms with Gasteiger partial charge in [-0.1, -0.05) is 6.07 Å². The summed E-state index contributed by atoms with van der Waals surface area (Å²) in [6.07, 6.45) is 5.30. The number of rotatable bonds is 9. The van der Waals surface area contributed by atoms with Crippen molar-refractivity contribution in [3.8, 4) is 0 Å². The molecule has 1 aromatic heterocycles. The third-order valence-corrected chi connectivity index (χ3v) is 5.53. The van der Waals surface area contributed by atoms with Gasteiger partial charge in [-0.05, 0) is 30.9 Å². The quantitative estimate of drug-likeness (QED) is 0.413. The van der Waals surface area contributed by atoms with Crippen LogP contribution in [0.3, 0.4) is 0 Å². The number of pyridine rings is 1. The molecule has 10 nitrogen and oxygen atoms in total. The van der Waals surface area contributed by atoms with E-state index < -0.39 is 12.0 Å². The Balaban J connectivity index is 1.40. The van der Waals surface area contributed by atoms with E-state index in [1.54, 1.807) is 24.5 Å². The minimum atomic E-state index is -0.986. The Labute approximate surface area is 181 Å². The van der Waals surface area contributed by atoms with Crippen LogP contribution in [0.25, 0.3) is 0 Å². The highest BCUT2D eigenvalue weighted by Crippen LogP contribution is 2.22. The first-order valence-electron chi connectivity index (χ1n) is 10.7. The van der Waals surface area contributed by atoms with Crippen molar-refractivity contribution < 1.29 is 19.5 Å². The molecule has 4 N–H and O–H groups in total. The number of carbonyl (C=O) groups is 3. The fourth-order valence-corrected chi connectivity index (χ4v) is 3.81. The monoisotopic (exact) mass is 430 g/mol. The lowest BCUT2D eigenvalue weighted by atomic mass is 9.94. The van der Waals surface area contributed by atoms with Crippen LogP contribution < -0.4 is 16.0 Å². The molecule has 10 heteroatoms. The summed E-state index contributed by atoms with van der Waals surface area (Å²) in [5.41, 5.74) is 0.665. The molecule has 2 aliphatic rings. The smallest absolute Gasteiger partial charge is 0.305 e. The standard InChI is InChI=1S/C21H30N6O4/c28-18(4-2-8-23-21-24-9-10-25-21)27-11-5-15(6-12-27)20(31)26-17(13-19(29)30)16-3-1-7-22-14-16/h1,3,7,14-15,17H,2,4-6,8-13H2,(H,26,31)(H,29,30)(H2,23,24,25)/t17-/m0/s1. The third-order valence-electron chi connectivity index (χ3n) is 5.53. The van der Waals surface area contributed by atoms with Crippen LogP contribution in [0.1, 0.15) is 43.7 Å². The fourth-order valence-electron chi connectivity index (χ4n) is 3.81. The molecular formula is C21H30N6O4. The molecule has 3 rings (SSSR count). The largest absolute Gasteiger partial charge is 0.481 e. The fraction of sp³-hybridized carbons (Fsp3) is 0.571. The highest BCUT2D eigenvalue weighted by Gasteiger charge is 2.29. The van der Waals surface area contributed by atoms with E-state index in [0.29, 0.717) is 44.5 Å². The molecule has 1 aromatic rings. The van der Waals surface area contributed by atoms with Crippen molar-refractivity contribution in [3.63, 3.8) is 0 Å². The van der Waals surface area contributed by atoms with E-state index >= 15 is 0 Å². The lowest BCUT2D eigenvalue weighted by molar-refractivity contribution is -0.139. The number of hydrogen-bond donors (Lipinski definition) is 4. The minimum absolute atomic E-state index is 0.0982. The lowest BCUT2D eigenvalue weighted by Gasteiger charge is -2.32. The zero-order chi connectivity index (χ0) is 22.1. The van der Waals surface area contributed by atoms with E-state index in [4.69, 9.17) is 0 Å². The van der Waals surface area contributed by atoms with E-state index in [-0.39, 0.29) is 24.2 Å². The van der Waals surface area contributed by atoms with E-state index in [2.05, 4.69) is 25.9 Å². The lowest BCUT2D eigenvalue weighted by Crippen LogP contribution is -2.44. The second-order valence-corrected chi connectivity index (χ2v) is 7.79. The van der Waals surface area contributed by atoms with Crippen molar-refractivity contribution >= 4 is 23.7 Å². The predicted octanol–water partition coefficient (Wildman–Crippen LogP) is 0.281. The number of guanidine groups is 1. The molecule has 0 radical (unpaired) electrons. The topological polar surface area (TPSA) is 136 Å². The molecule has 0 aliphatic carbocycles. The molecule has 0 aromatic carbocycles. The van der Waals surface area contributed by atoms with Gasteiger partial charge in [0.05, 0.1) is 19.0 Å². The maximum atomic E-state index is 12.7. The van der Waals surface area contributed by atoms with Gasteiger partial charge in [0.25, 0.3) is 0 Å². The van der Waals surface area contributed by atoms with Gasteiger partial charge in [-0.15, -0.1) is 0 Å². The third kappa shape index (κ3) is 6.94. The number of aromatic nitrogens is 1. The Morgan fingerprint density at radius 3 is 2.74 bits per heavy atom. The second kappa shape index (κ2) is 11.3. The van der Waals surface area contributed by atoms with Gasteiger partial charge in [0.1, 0.15) is 0 Å². The number of carbonyl (C=O) groups excluding carboxylic acids is 2. The summed E-state index contributed by atoms with van der Waals surface area (Å²) in [4.78, 5) is 46.4. The maximum Gasteiger partial charge on any atom is 0.305 e. The van der Waals surface area contributed by atoms with Crippen molar-refractivity contribution in [2.45, 2.75) is 38.1 Å². The molecule has 31 heavy (non-hydrogen) atoms. The summed E-state index contributed by atoms with van der Waals surface area (Å²) in [6.45, 7) is 3.39. The molecule has 0 unspecified atom stereocenters. The van der Waals surface area contributed by atoms with Gasteiger partial charge in [0.15, 0.2) is 5.96 Å². The molecule has 3 heterocycles. The summed E-state index contributed by atoms with van der Waals surface area (Å²) in [7, 11) is 0. The normalized spacial score (nSPS) is 17.4. The van der Waals surface area contributed by atoms with Crippen molar-refractivity contribution in [3.05, 3.63) is 30.1 Å². The molecule has 1 saturated heterocycles. The number of aliphatic carboxylic acids is 1. The molecular weight excluding hydrogens is 400 g/mol. The average molecular weight is 431 g/mol. The highest BCUT2D eigenvalue weighted by atomic mass is 16.4. The Bertz CT molecular complexity index is 792. The van der Waals surface area contributed by atoms with Crippen LogP contribution in [0.15, 0.2) is 29.5 Å². The van der Waals surface area contributed by atoms with Crippen molar-refractivity contribution in [2.75, 3.05) is 32.7 Å². The zero-order valence-electron chi connectivity index (χ0n) is 17.5. The summed E-state index contributed by atoms with van der Waals surface area (Å²) >= 11 is 0. The van der Waals surface area contributed by atoms with E-state index in [1.165, 1.54) is 0 Å². The van der Waals surface area contributed by atoms with E-state index in [9.17, 15) is 19.5 Å². The van der Waals surface area contributed by atoms with Crippen LogP contribution >= 0.6 is 0 Å². The van der Waals surface area contributed by atoms with Crippen LogP contribution in [0, 0.1) is 5.92 Å². The first-order chi connectivity index (χ1) is 15.0. The van der Waals surface area contributed by atoms with Gasteiger partial charge in [0.2, 0.25) is 11.8 Å². The minimum Gasteiger partial charge on any atom is -0.481 e. The number of hydrogen-bond acceptors (Lipinski definition) is 7. The van der Waals surface area contributed by atoms with Gasteiger partial charge in [-0.2, -0.15) is 0 Å². The Morgan fingerprint density at radius 2 is 2.10 bits per heavy atom. The van der Waals surface area contributed by atoms with Crippen LogP contribution in [0.4, 0.5) is 0 Å². The molecule has 0 saturated carbocycles. The summed E-state index contributed by atoms with van der Waals surface area (Å²) < 4.78 is 0. The molecule has 1 atom stereocenters. The summed E-state index contributed by atoms with van der Waals surface area (Å²) in [6, 6.07) is 2.85. The number of carboxylic acids is 1. The average Bonchev–Trinajstić information content (AvgIpc) is 3.30. The van der Waals surface area contributed by atoms with Crippen molar-refractivity contribution in [1.82, 2.24) is 25.8 Å². The van der Waals surface area contributed by atoms with Crippen LogP contribution in [0.2, 0.25) is 0 Å². The molecule has 168 valence electrons. The van der Waals surface area contributed by atoms with Crippen LogP contribution in [0.5, 0.6) is 0 Å². The molecule has 0 bridgehead atoms. The number of nitrogens with one attached hydrogen (secondary N) is 3. The molecule has 2 aliphatic heterocycles. The van der Waals surface area contributed by atoms with Gasteiger partial charge in [-0.3, -0.25) is 24.4 Å². The highest BCUT2D eigenvalue weighted by molar-refractivity contribution is 5.82.